The van der Waals surface area contributed by atoms with Crippen LogP contribution in [0.15, 0.2) is 41.8 Å². The van der Waals surface area contributed by atoms with Crippen LogP contribution in [0.3, 0.4) is 0 Å². The van der Waals surface area contributed by atoms with E-state index in [1.165, 1.54) is 11.3 Å². The molecule has 1 unspecified atom stereocenters. The highest BCUT2D eigenvalue weighted by atomic mass is 32.1. The van der Waals surface area contributed by atoms with Crippen molar-refractivity contribution in [2.75, 3.05) is 13.1 Å². The maximum Gasteiger partial charge on any atom is 0.308 e. The second kappa shape index (κ2) is 6.32. The Kier molecular flexibility index (Phi) is 4.24. The number of rotatable bonds is 3. The topological polar surface area (TPSA) is 57.6 Å². The molecule has 1 fully saturated rings. The van der Waals surface area contributed by atoms with E-state index in [0.717, 1.165) is 17.5 Å². The molecule has 1 amide bonds. The molecule has 1 saturated heterocycles. The standard InChI is InChI=1S/C17H17NO3S/c19-16(18-8-4-7-13(10-18)17(20)21)15-9-14(11-22-15)12-5-2-1-3-6-12/h1-3,5-6,9,11,13H,4,7-8,10H2,(H,20,21). The van der Waals surface area contributed by atoms with E-state index in [0.29, 0.717) is 24.4 Å². The monoisotopic (exact) mass is 315 g/mol. The maximum atomic E-state index is 12.6. The molecule has 1 aromatic heterocycles. The molecule has 0 saturated carbocycles. The molecule has 2 heterocycles. The van der Waals surface area contributed by atoms with Gasteiger partial charge in [0.25, 0.3) is 5.91 Å². The van der Waals surface area contributed by atoms with Crippen LogP contribution in [0, 0.1) is 5.92 Å². The maximum absolute atomic E-state index is 12.6. The molecule has 4 nitrogen and oxygen atoms in total. The summed E-state index contributed by atoms with van der Waals surface area (Å²) in [6.45, 7) is 0.952. The quantitative estimate of drug-likeness (QED) is 0.945. The van der Waals surface area contributed by atoms with Gasteiger partial charge in [-0.1, -0.05) is 30.3 Å². The van der Waals surface area contributed by atoms with E-state index >= 15 is 0 Å². The number of carbonyl (C=O) groups is 2. The minimum Gasteiger partial charge on any atom is -0.481 e. The van der Waals surface area contributed by atoms with Crippen molar-refractivity contribution < 1.29 is 14.7 Å². The molecule has 1 aromatic carbocycles. The first-order chi connectivity index (χ1) is 10.6. The van der Waals surface area contributed by atoms with Crippen molar-refractivity contribution in [2.45, 2.75) is 12.8 Å². The molecule has 1 aliphatic heterocycles. The number of hydrogen-bond acceptors (Lipinski definition) is 3. The number of carboxylic acids is 1. The Balaban J connectivity index is 1.76. The summed E-state index contributed by atoms with van der Waals surface area (Å²) in [5, 5.41) is 11.1. The number of carboxylic acid groups (broad SMARTS) is 1. The Morgan fingerprint density at radius 3 is 2.68 bits per heavy atom. The number of amides is 1. The van der Waals surface area contributed by atoms with Crippen LogP contribution in [-0.4, -0.2) is 35.0 Å². The minimum absolute atomic E-state index is 0.0573. The van der Waals surface area contributed by atoms with Gasteiger partial charge in [0.15, 0.2) is 0 Å². The fourth-order valence-electron chi connectivity index (χ4n) is 2.75. The molecule has 0 aliphatic carbocycles. The Morgan fingerprint density at radius 2 is 1.95 bits per heavy atom. The lowest BCUT2D eigenvalue weighted by atomic mass is 9.98. The third-order valence-electron chi connectivity index (χ3n) is 3.98. The SMILES string of the molecule is O=C(O)C1CCCN(C(=O)c2cc(-c3ccccc3)cs2)C1. The first kappa shape index (κ1) is 14.8. The zero-order valence-corrected chi connectivity index (χ0v) is 12.9. The van der Waals surface area contributed by atoms with Gasteiger partial charge in [0.05, 0.1) is 10.8 Å². The second-order valence-electron chi connectivity index (χ2n) is 5.49. The summed E-state index contributed by atoms with van der Waals surface area (Å²) in [7, 11) is 0. The normalized spacial score (nSPS) is 18.2. The number of likely N-dealkylation sites (tertiary alicyclic amines) is 1. The predicted molar refractivity (Wildman–Crippen MR) is 86.0 cm³/mol. The Bertz CT molecular complexity index is 680. The average Bonchev–Trinajstić information content (AvgIpc) is 3.05. The molecule has 2 aromatic rings. The van der Waals surface area contributed by atoms with Crippen LogP contribution < -0.4 is 0 Å². The van der Waals surface area contributed by atoms with Gasteiger partial charge >= 0.3 is 5.97 Å². The van der Waals surface area contributed by atoms with E-state index in [-0.39, 0.29) is 5.91 Å². The molecule has 1 atom stereocenters. The second-order valence-corrected chi connectivity index (χ2v) is 6.41. The average molecular weight is 315 g/mol. The third kappa shape index (κ3) is 3.04. The fourth-order valence-corrected chi connectivity index (χ4v) is 3.63. The predicted octanol–water partition coefficient (Wildman–Crippen LogP) is 3.35. The van der Waals surface area contributed by atoms with Crippen LogP contribution in [0.2, 0.25) is 0 Å². The Hall–Kier alpha value is -2.14. The molecule has 1 N–H and O–H groups in total. The van der Waals surface area contributed by atoms with Crippen LogP contribution in [-0.2, 0) is 4.79 Å². The number of nitrogens with zero attached hydrogens (tertiary/aromatic N) is 1. The van der Waals surface area contributed by atoms with Gasteiger partial charge in [-0.05, 0) is 35.4 Å². The Labute approximate surface area is 133 Å². The van der Waals surface area contributed by atoms with Crippen molar-refractivity contribution in [3.05, 3.63) is 46.7 Å². The van der Waals surface area contributed by atoms with Crippen molar-refractivity contribution in [1.29, 1.82) is 0 Å². The summed E-state index contributed by atoms with van der Waals surface area (Å²) in [6, 6.07) is 11.8. The third-order valence-corrected chi connectivity index (χ3v) is 4.89. The van der Waals surface area contributed by atoms with E-state index in [9.17, 15) is 9.59 Å². The highest BCUT2D eigenvalue weighted by molar-refractivity contribution is 7.12. The fraction of sp³-hybridized carbons (Fsp3) is 0.294. The van der Waals surface area contributed by atoms with Crippen molar-refractivity contribution >= 4 is 23.2 Å². The molecule has 114 valence electrons. The summed E-state index contributed by atoms with van der Waals surface area (Å²) >= 11 is 1.42. The summed E-state index contributed by atoms with van der Waals surface area (Å²) in [4.78, 5) is 26.0. The van der Waals surface area contributed by atoms with Crippen LogP contribution in [0.1, 0.15) is 22.5 Å². The zero-order valence-electron chi connectivity index (χ0n) is 12.1. The number of piperidine rings is 1. The molecular weight excluding hydrogens is 298 g/mol. The summed E-state index contributed by atoms with van der Waals surface area (Å²) < 4.78 is 0. The van der Waals surface area contributed by atoms with Gasteiger partial charge in [-0.2, -0.15) is 0 Å². The van der Waals surface area contributed by atoms with Crippen molar-refractivity contribution in [3.8, 4) is 11.1 Å². The van der Waals surface area contributed by atoms with E-state index in [2.05, 4.69) is 0 Å². The van der Waals surface area contributed by atoms with E-state index in [1.807, 2.05) is 41.8 Å². The van der Waals surface area contributed by atoms with Gasteiger partial charge in [-0.3, -0.25) is 9.59 Å². The van der Waals surface area contributed by atoms with Crippen LogP contribution >= 0.6 is 11.3 Å². The van der Waals surface area contributed by atoms with Gasteiger partial charge < -0.3 is 10.0 Å². The van der Waals surface area contributed by atoms with Crippen molar-refractivity contribution in [1.82, 2.24) is 4.90 Å². The van der Waals surface area contributed by atoms with Gasteiger partial charge in [0, 0.05) is 13.1 Å². The number of benzene rings is 1. The zero-order chi connectivity index (χ0) is 15.5. The first-order valence-electron chi connectivity index (χ1n) is 7.31. The molecule has 5 heteroatoms. The van der Waals surface area contributed by atoms with Crippen LogP contribution in [0.4, 0.5) is 0 Å². The van der Waals surface area contributed by atoms with E-state index in [4.69, 9.17) is 5.11 Å². The minimum atomic E-state index is -0.811. The molecule has 22 heavy (non-hydrogen) atoms. The molecule has 0 radical (unpaired) electrons. The Morgan fingerprint density at radius 1 is 1.18 bits per heavy atom. The van der Waals surface area contributed by atoms with Crippen LogP contribution in [0.5, 0.6) is 0 Å². The number of aliphatic carboxylic acids is 1. The molecule has 0 bridgehead atoms. The summed E-state index contributed by atoms with van der Waals surface area (Å²) in [5.41, 5.74) is 2.11. The van der Waals surface area contributed by atoms with E-state index in [1.54, 1.807) is 4.90 Å². The number of thiophene rings is 1. The molecular formula is C17H17NO3S. The lowest BCUT2D eigenvalue weighted by Crippen LogP contribution is -2.42. The molecule has 3 rings (SSSR count). The molecule has 1 aliphatic rings. The lowest BCUT2D eigenvalue weighted by Gasteiger charge is -2.30. The summed E-state index contributed by atoms with van der Waals surface area (Å²) in [5.74, 6) is -1.31. The van der Waals surface area contributed by atoms with Crippen molar-refractivity contribution in [2.24, 2.45) is 5.92 Å². The van der Waals surface area contributed by atoms with Gasteiger partial charge in [0.2, 0.25) is 0 Å². The van der Waals surface area contributed by atoms with Gasteiger partial charge in [0.1, 0.15) is 0 Å². The van der Waals surface area contributed by atoms with E-state index < -0.39 is 11.9 Å². The summed E-state index contributed by atoms with van der Waals surface area (Å²) in [6.07, 6.45) is 1.40. The molecule has 0 spiro atoms. The smallest absolute Gasteiger partial charge is 0.308 e. The van der Waals surface area contributed by atoms with Crippen molar-refractivity contribution in [3.63, 3.8) is 0 Å². The van der Waals surface area contributed by atoms with Gasteiger partial charge in [-0.15, -0.1) is 11.3 Å². The van der Waals surface area contributed by atoms with Crippen LogP contribution in [0.25, 0.3) is 11.1 Å². The highest BCUT2D eigenvalue weighted by Crippen LogP contribution is 2.27. The number of hydrogen-bond donors (Lipinski definition) is 1. The number of carbonyl (C=O) groups excluding carboxylic acids is 1. The van der Waals surface area contributed by atoms with Gasteiger partial charge in [-0.25, -0.2) is 0 Å². The largest absolute Gasteiger partial charge is 0.481 e. The lowest BCUT2D eigenvalue weighted by molar-refractivity contribution is -0.143. The first-order valence-corrected chi connectivity index (χ1v) is 8.19. The highest BCUT2D eigenvalue weighted by Gasteiger charge is 2.29.